The zero-order valence-corrected chi connectivity index (χ0v) is 20.1. The van der Waals surface area contributed by atoms with Crippen LogP contribution in [0.1, 0.15) is 62.5 Å². The number of hydrogen-bond acceptors (Lipinski definition) is 9. The fourth-order valence-corrected chi connectivity index (χ4v) is 4.16. The number of benzene rings is 1. The van der Waals surface area contributed by atoms with Crippen LogP contribution in [0.3, 0.4) is 0 Å². The molecule has 0 fully saturated rings. The maximum absolute atomic E-state index is 11.4. The summed E-state index contributed by atoms with van der Waals surface area (Å²) in [5, 5.41) is 8.78. The molecule has 0 heterocycles. The third-order valence-corrected chi connectivity index (χ3v) is 5.56. The third kappa shape index (κ3) is 9.36. The second kappa shape index (κ2) is 13.0. The van der Waals surface area contributed by atoms with Crippen molar-refractivity contribution in [3.05, 3.63) is 11.1 Å². The minimum absolute atomic E-state index is 0.142. The molecule has 0 atom stereocenters. The normalized spacial score (nSPS) is 11.9. The van der Waals surface area contributed by atoms with Crippen molar-refractivity contribution in [2.45, 2.75) is 64.7 Å². The highest BCUT2D eigenvalue weighted by Crippen LogP contribution is 2.50. The monoisotopic (exact) mass is 500 g/mol. The number of unbranched alkanes of at least 4 members (excludes halogenated alkanes) is 7. The maximum Gasteiger partial charge on any atom is 0.446 e. The molecule has 0 spiro atoms. The predicted molar refractivity (Wildman–Crippen MR) is 116 cm³/mol. The molecular formula is C19H32O11S2. The van der Waals surface area contributed by atoms with Crippen LogP contribution in [0.2, 0.25) is 0 Å². The Balaban J connectivity index is 3.16. The van der Waals surface area contributed by atoms with Gasteiger partial charge in [-0.15, -0.1) is 0 Å². The van der Waals surface area contributed by atoms with Gasteiger partial charge in [0.2, 0.25) is 11.5 Å². The van der Waals surface area contributed by atoms with E-state index in [9.17, 15) is 21.4 Å². The van der Waals surface area contributed by atoms with Gasteiger partial charge in [-0.2, -0.15) is 16.8 Å². The number of ether oxygens (including phenoxy) is 2. The summed E-state index contributed by atoms with van der Waals surface area (Å²) >= 11 is 0. The predicted octanol–water partition coefficient (Wildman–Crippen LogP) is 3.03. The lowest BCUT2D eigenvalue weighted by Gasteiger charge is -2.21. The summed E-state index contributed by atoms with van der Waals surface area (Å²) < 4.78 is 83.5. The van der Waals surface area contributed by atoms with E-state index in [4.69, 9.17) is 23.3 Å². The number of aliphatic hydroxyl groups is 1. The van der Waals surface area contributed by atoms with Crippen molar-refractivity contribution in [1.82, 2.24) is 0 Å². The average molecular weight is 501 g/mol. The lowest BCUT2D eigenvalue weighted by molar-refractivity contribution is 0.282. The van der Waals surface area contributed by atoms with Crippen molar-refractivity contribution < 1.29 is 48.9 Å². The molecule has 0 aliphatic carbocycles. The summed E-state index contributed by atoms with van der Waals surface area (Å²) in [6, 6.07) is 0. The first kappa shape index (κ1) is 28.2. The molecule has 0 aliphatic rings. The van der Waals surface area contributed by atoms with E-state index < -0.39 is 20.8 Å². The van der Waals surface area contributed by atoms with E-state index >= 15 is 0 Å². The maximum atomic E-state index is 11.4. The minimum Gasteiger partial charge on any atom is -0.490 e. The Bertz CT molecular complexity index is 941. The Morgan fingerprint density at radius 2 is 1.06 bits per heavy atom. The summed E-state index contributed by atoms with van der Waals surface area (Å²) in [4.78, 5) is 0. The van der Waals surface area contributed by atoms with Crippen LogP contribution in [-0.2, 0) is 27.2 Å². The SMILES string of the molecule is COc1c(OS(=O)(=O)O)c(C)c(CCCCCCCCCCO)c(OS(=O)(=O)O)c1OC. The largest absolute Gasteiger partial charge is 0.490 e. The third-order valence-electron chi connectivity index (χ3n) is 4.81. The van der Waals surface area contributed by atoms with E-state index in [-0.39, 0.29) is 47.2 Å². The first-order chi connectivity index (χ1) is 14.9. The van der Waals surface area contributed by atoms with Gasteiger partial charge in [-0.1, -0.05) is 38.5 Å². The number of hydrogen-bond donors (Lipinski definition) is 3. The Kier molecular flexibility index (Phi) is 11.5. The summed E-state index contributed by atoms with van der Waals surface area (Å²) in [6.07, 6.45) is 7.43. The lowest BCUT2D eigenvalue weighted by Crippen LogP contribution is -2.14. The fraction of sp³-hybridized carbons (Fsp3) is 0.684. The zero-order chi connectivity index (χ0) is 24.4. The molecule has 0 aliphatic heterocycles. The number of aliphatic hydroxyl groups excluding tert-OH is 1. The molecule has 1 aromatic rings. The topological polar surface area (TPSA) is 166 Å². The van der Waals surface area contributed by atoms with Crippen molar-refractivity contribution in [2.24, 2.45) is 0 Å². The summed E-state index contributed by atoms with van der Waals surface area (Å²) in [6.45, 7) is 1.64. The van der Waals surface area contributed by atoms with E-state index in [0.29, 0.717) is 6.42 Å². The molecule has 0 aromatic heterocycles. The summed E-state index contributed by atoms with van der Waals surface area (Å²) in [5.41, 5.74) is 0.366. The van der Waals surface area contributed by atoms with Gasteiger partial charge >= 0.3 is 20.8 Å². The number of rotatable bonds is 16. The van der Waals surface area contributed by atoms with Gasteiger partial charge in [0.05, 0.1) is 14.2 Å². The zero-order valence-electron chi connectivity index (χ0n) is 18.5. The molecule has 0 amide bonds. The number of methoxy groups -OCH3 is 2. The first-order valence-electron chi connectivity index (χ1n) is 10.2. The molecule has 11 nitrogen and oxygen atoms in total. The lowest BCUT2D eigenvalue weighted by atomic mass is 9.98. The van der Waals surface area contributed by atoms with Gasteiger partial charge in [0.25, 0.3) is 0 Å². The fourth-order valence-electron chi connectivity index (χ4n) is 3.37. The van der Waals surface area contributed by atoms with Crippen LogP contribution in [0.4, 0.5) is 0 Å². The molecular weight excluding hydrogens is 468 g/mol. The molecule has 0 bridgehead atoms. The van der Waals surface area contributed by atoms with Crippen LogP contribution in [-0.4, -0.2) is 51.9 Å². The van der Waals surface area contributed by atoms with Crippen LogP contribution in [0.5, 0.6) is 23.0 Å². The standard InChI is InChI=1S/C19H32O11S2/c1-14-15(12-10-8-6-4-5-7-9-11-13-20)17(30-32(24,25)26)19(28-3)18(27-2)16(14)29-31(21,22)23/h20H,4-13H2,1-3H3,(H,21,22,23)(H,24,25,26). The Morgan fingerprint density at radius 3 is 1.50 bits per heavy atom. The second-order valence-corrected chi connectivity index (χ2v) is 9.20. The van der Waals surface area contributed by atoms with E-state index in [1.165, 1.54) is 14.0 Å². The van der Waals surface area contributed by atoms with E-state index in [0.717, 1.165) is 52.1 Å². The van der Waals surface area contributed by atoms with E-state index in [1.54, 1.807) is 0 Å². The quantitative estimate of drug-likeness (QED) is 0.225. The molecule has 0 radical (unpaired) electrons. The van der Waals surface area contributed by atoms with Crippen molar-refractivity contribution in [2.75, 3.05) is 20.8 Å². The highest BCUT2D eigenvalue weighted by Gasteiger charge is 2.30. The molecule has 3 N–H and O–H groups in total. The smallest absolute Gasteiger partial charge is 0.446 e. The molecule has 0 unspecified atom stereocenters. The van der Waals surface area contributed by atoms with Gasteiger partial charge < -0.3 is 22.9 Å². The van der Waals surface area contributed by atoms with Crippen LogP contribution >= 0.6 is 0 Å². The molecule has 13 heteroatoms. The van der Waals surface area contributed by atoms with Crippen LogP contribution in [0.15, 0.2) is 0 Å². The highest BCUT2D eigenvalue weighted by molar-refractivity contribution is 7.81. The summed E-state index contributed by atoms with van der Waals surface area (Å²) in [7, 11) is -7.53. The van der Waals surface area contributed by atoms with Crippen LogP contribution in [0.25, 0.3) is 0 Å². The van der Waals surface area contributed by atoms with Gasteiger partial charge in [0, 0.05) is 17.7 Å². The molecule has 32 heavy (non-hydrogen) atoms. The van der Waals surface area contributed by atoms with Crippen molar-refractivity contribution in [3.8, 4) is 23.0 Å². The molecule has 0 saturated heterocycles. The average Bonchev–Trinajstić information content (AvgIpc) is 2.68. The molecule has 1 aromatic carbocycles. The van der Waals surface area contributed by atoms with Gasteiger partial charge in [0.15, 0.2) is 11.5 Å². The van der Waals surface area contributed by atoms with Gasteiger partial charge in [-0.3, -0.25) is 9.11 Å². The van der Waals surface area contributed by atoms with Crippen LogP contribution in [0, 0.1) is 6.92 Å². The Hall–Kier alpha value is -1.80. The van der Waals surface area contributed by atoms with E-state index in [1.807, 2.05) is 0 Å². The van der Waals surface area contributed by atoms with E-state index in [2.05, 4.69) is 4.18 Å². The Labute approximate surface area is 189 Å². The Morgan fingerprint density at radius 1 is 0.656 bits per heavy atom. The highest BCUT2D eigenvalue weighted by atomic mass is 32.3. The van der Waals surface area contributed by atoms with Crippen molar-refractivity contribution in [1.29, 1.82) is 0 Å². The van der Waals surface area contributed by atoms with Crippen LogP contribution < -0.4 is 17.8 Å². The van der Waals surface area contributed by atoms with Gasteiger partial charge in [-0.05, 0) is 26.2 Å². The second-order valence-electron chi connectivity index (χ2n) is 7.15. The summed E-state index contributed by atoms with van der Waals surface area (Å²) in [5.74, 6) is -1.37. The molecule has 186 valence electrons. The van der Waals surface area contributed by atoms with Gasteiger partial charge in [0.1, 0.15) is 0 Å². The van der Waals surface area contributed by atoms with Gasteiger partial charge in [-0.25, -0.2) is 0 Å². The molecule has 1 rings (SSSR count). The minimum atomic E-state index is -4.93. The van der Waals surface area contributed by atoms with Crippen molar-refractivity contribution >= 4 is 20.8 Å². The van der Waals surface area contributed by atoms with Crippen molar-refractivity contribution in [3.63, 3.8) is 0 Å². The first-order valence-corrected chi connectivity index (χ1v) is 12.9. The molecule has 0 saturated carbocycles.